The van der Waals surface area contributed by atoms with Crippen molar-refractivity contribution in [3.05, 3.63) is 70.2 Å². The number of nitrogens with zero attached hydrogens (tertiary/aromatic N) is 2. The van der Waals surface area contributed by atoms with Crippen LogP contribution in [0.15, 0.2) is 69.2 Å². The lowest BCUT2D eigenvalue weighted by atomic mass is 9.90. The third-order valence-electron chi connectivity index (χ3n) is 3.27. The molecule has 1 atom stereocenters. The van der Waals surface area contributed by atoms with Gasteiger partial charge in [-0.3, -0.25) is 5.73 Å². The van der Waals surface area contributed by atoms with Crippen molar-refractivity contribution in [2.75, 3.05) is 0 Å². The van der Waals surface area contributed by atoms with Crippen molar-refractivity contribution in [2.45, 2.75) is 5.66 Å². The van der Waals surface area contributed by atoms with Gasteiger partial charge >= 0.3 is 0 Å². The number of hydrazone groups is 1. The second kappa shape index (κ2) is 5.31. The summed E-state index contributed by atoms with van der Waals surface area (Å²) in [7, 11) is 0. The molecular formula is C15H14BrN5. The number of aliphatic imine (C=N–C) groups is 1. The summed E-state index contributed by atoms with van der Waals surface area (Å²) in [5.74, 6) is 0.188. The highest BCUT2D eigenvalue weighted by Crippen LogP contribution is 2.32. The molecule has 0 radical (unpaired) electrons. The van der Waals surface area contributed by atoms with Gasteiger partial charge in [0.2, 0.25) is 5.96 Å². The largest absolute Gasteiger partial charge is 0.368 e. The highest BCUT2D eigenvalue weighted by molar-refractivity contribution is 9.10. The molecule has 0 aromatic heterocycles. The molecule has 1 aliphatic heterocycles. The van der Waals surface area contributed by atoms with Crippen molar-refractivity contribution in [3.8, 4) is 0 Å². The number of nitrogens with one attached hydrogen (secondary N) is 1. The van der Waals surface area contributed by atoms with E-state index in [9.17, 15) is 0 Å². The van der Waals surface area contributed by atoms with Crippen LogP contribution >= 0.6 is 15.9 Å². The predicted molar refractivity (Wildman–Crippen MR) is 87.7 cm³/mol. The van der Waals surface area contributed by atoms with Crippen LogP contribution in [0.25, 0.3) is 0 Å². The summed E-state index contributed by atoms with van der Waals surface area (Å²) >= 11 is 3.52. The molecule has 0 saturated heterocycles. The molecule has 0 fully saturated rings. The van der Waals surface area contributed by atoms with Crippen LogP contribution in [0, 0.1) is 0 Å². The molecular weight excluding hydrogens is 330 g/mol. The van der Waals surface area contributed by atoms with Gasteiger partial charge in [0.1, 0.15) is 5.71 Å². The number of rotatable bonds is 2. The molecule has 0 saturated carbocycles. The summed E-state index contributed by atoms with van der Waals surface area (Å²) in [5, 5.41) is 4.32. The number of hydrogen-bond acceptors (Lipinski definition) is 5. The number of nitrogens with two attached hydrogens (primary N) is 2. The molecule has 106 valence electrons. The minimum atomic E-state index is -1.14. The van der Waals surface area contributed by atoms with Crippen molar-refractivity contribution >= 4 is 27.6 Å². The lowest BCUT2D eigenvalue weighted by molar-refractivity contribution is 0.610. The van der Waals surface area contributed by atoms with Crippen LogP contribution < -0.4 is 16.9 Å². The number of guanidine groups is 1. The summed E-state index contributed by atoms with van der Waals surface area (Å²) in [5.41, 5.74) is 16.2. The molecule has 2 aromatic carbocycles. The van der Waals surface area contributed by atoms with Crippen molar-refractivity contribution < 1.29 is 0 Å². The zero-order chi connectivity index (χ0) is 14.9. The molecule has 3 rings (SSSR count). The molecule has 1 heterocycles. The zero-order valence-electron chi connectivity index (χ0n) is 11.1. The maximum atomic E-state index is 6.58. The van der Waals surface area contributed by atoms with Crippen LogP contribution in [0.4, 0.5) is 0 Å². The molecule has 0 aliphatic carbocycles. The maximum absolute atomic E-state index is 6.58. The Morgan fingerprint density at radius 3 is 2.38 bits per heavy atom. The van der Waals surface area contributed by atoms with Gasteiger partial charge in [-0.2, -0.15) is 5.10 Å². The van der Waals surface area contributed by atoms with Gasteiger partial charge in [0.15, 0.2) is 5.66 Å². The Bertz CT molecular complexity index is 726. The molecule has 5 N–H and O–H groups in total. The first-order chi connectivity index (χ1) is 10.1. The number of halogens is 1. The highest BCUT2D eigenvalue weighted by atomic mass is 79.9. The van der Waals surface area contributed by atoms with Gasteiger partial charge in [0.05, 0.1) is 0 Å². The summed E-state index contributed by atoms with van der Waals surface area (Å²) in [6, 6.07) is 17.3. The van der Waals surface area contributed by atoms with Crippen molar-refractivity contribution in [2.24, 2.45) is 21.6 Å². The fourth-order valence-corrected chi connectivity index (χ4v) is 2.89. The second-order valence-electron chi connectivity index (χ2n) is 4.68. The van der Waals surface area contributed by atoms with Gasteiger partial charge in [-0.05, 0) is 6.07 Å². The number of benzene rings is 2. The molecule has 0 spiro atoms. The first-order valence-electron chi connectivity index (χ1n) is 6.40. The fraction of sp³-hybridized carbons (Fsp3) is 0.0667. The molecule has 0 amide bonds. The zero-order valence-corrected chi connectivity index (χ0v) is 12.7. The lowest BCUT2D eigenvalue weighted by Crippen LogP contribution is -2.51. The molecule has 2 aromatic rings. The van der Waals surface area contributed by atoms with E-state index in [1.807, 2.05) is 54.6 Å². The van der Waals surface area contributed by atoms with E-state index in [4.69, 9.17) is 11.5 Å². The predicted octanol–water partition coefficient (Wildman–Crippen LogP) is 1.88. The van der Waals surface area contributed by atoms with Gasteiger partial charge in [-0.15, -0.1) is 0 Å². The molecule has 1 unspecified atom stereocenters. The van der Waals surface area contributed by atoms with Crippen LogP contribution in [0.3, 0.4) is 0 Å². The second-order valence-corrected chi connectivity index (χ2v) is 5.54. The summed E-state index contributed by atoms with van der Waals surface area (Å²) in [6.45, 7) is 0. The van der Waals surface area contributed by atoms with Gasteiger partial charge in [-0.25, -0.2) is 10.4 Å². The highest BCUT2D eigenvalue weighted by Gasteiger charge is 2.38. The van der Waals surface area contributed by atoms with Crippen molar-refractivity contribution in [3.63, 3.8) is 0 Å². The standard InChI is InChI=1S/C15H14BrN5/c16-12-9-5-4-8-11(12)15(18)13(20-21-14(17)19-15)10-6-2-1-3-7-10/h1-9H,18H2,(H3,17,19,21). The minimum absolute atomic E-state index is 0.188. The van der Waals surface area contributed by atoms with Crippen molar-refractivity contribution in [1.29, 1.82) is 0 Å². The Hall–Kier alpha value is -2.18. The van der Waals surface area contributed by atoms with E-state index in [2.05, 4.69) is 31.4 Å². The number of hydrogen-bond donors (Lipinski definition) is 3. The Morgan fingerprint density at radius 1 is 1.00 bits per heavy atom. The van der Waals surface area contributed by atoms with E-state index in [-0.39, 0.29) is 5.96 Å². The van der Waals surface area contributed by atoms with Gasteiger partial charge in [0, 0.05) is 15.6 Å². The van der Waals surface area contributed by atoms with Crippen molar-refractivity contribution in [1.82, 2.24) is 5.43 Å². The molecule has 5 nitrogen and oxygen atoms in total. The van der Waals surface area contributed by atoms with E-state index < -0.39 is 5.66 Å². The lowest BCUT2D eigenvalue weighted by Gasteiger charge is -2.31. The Kier molecular flexibility index (Phi) is 3.48. The normalized spacial score (nSPS) is 21.2. The first-order valence-corrected chi connectivity index (χ1v) is 7.19. The third-order valence-corrected chi connectivity index (χ3v) is 3.96. The van der Waals surface area contributed by atoms with Gasteiger partial charge in [0.25, 0.3) is 0 Å². The maximum Gasteiger partial charge on any atom is 0.212 e. The first kappa shape index (κ1) is 13.8. The van der Waals surface area contributed by atoms with Crippen LogP contribution in [0.1, 0.15) is 11.1 Å². The topological polar surface area (TPSA) is 88.8 Å². The summed E-state index contributed by atoms with van der Waals surface area (Å²) in [4.78, 5) is 4.40. The van der Waals surface area contributed by atoms with E-state index >= 15 is 0 Å². The molecule has 1 aliphatic rings. The van der Waals surface area contributed by atoms with E-state index in [0.717, 1.165) is 15.6 Å². The molecule has 6 heteroatoms. The smallest absolute Gasteiger partial charge is 0.212 e. The third kappa shape index (κ3) is 2.43. The SMILES string of the molecule is NC1=NC(N)(c2ccccc2Br)C(c2ccccc2)=NN1. The average Bonchev–Trinajstić information content (AvgIpc) is 2.48. The minimum Gasteiger partial charge on any atom is -0.368 e. The Labute approximate surface area is 130 Å². The summed E-state index contributed by atoms with van der Waals surface area (Å²) in [6.07, 6.45) is 0. The summed E-state index contributed by atoms with van der Waals surface area (Å²) < 4.78 is 0.856. The van der Waals surface area contributed by atoms with Gasteiger partial charge < -0.3 is 5.73 Å². The average molecular weight is 344 g/mol. The fourth-order valence-electron chi connectivity index (χ4n) is 2.31. The quantitative estimate of drug-likeness (QED) is 0.777. The van der Waals surface area contributed by atoms with Crippen LogP contribution in [-0.4, -0.2) is 11.7 Å². The van der Waals surface area contributed by atoms with Crippen LogP contribution in [0.2, 0.25) is 0 Å². The molecule has 21 heavy (non-hydrogen) atoms. The van der Waals surface area contributed by atoms with Crippen LogP contribution in [-0.2, 0) is 5.66 Å². The van der Waals surface area contributed by atoms with E-state index in [1.54, 1.807) is 0 Å². The molecule has 0 bridgehead atoms. The Morgan fingerprint density at radius 2 is 1.67 bits per heavy atom. The van der Waals surface area contributed by atoms with E-state index in [1.165, 1.54) is 0 Å². The Balaban J connectivity index is 2.19. The van der Waals surface area contributed by atoms with E-state index in [0.29, 0.717) is 5.71 Å². The van der Waals surface area contributed by atoms with Gasteiger partial charge in [-0.1, -0.05) is 64.5 Å². The van der Waals surface area contributed by atoms with Crippen LogP contribution in [0.5, 0.6) is 0 Å². The monoisotopic (exact) mass is 343 g/mol.